The average Bonchev–Trinajstić information content (AvgIpc) is 3.39. The van der Waals surface area contributed by atoms with Crippen LogP contribution < -0.4 is 10.6 Å². The molecule has 0 atom stereocenters. The van der Waals surface area contributed by atoms with Gasteiger partial charge in [-0.25, -0.2) is 4.99 Å². The van der Waals surface area contributed by atoms with Gasteiger partial charge in [-0.2, -0.15) is 0 Å². The topological polar surface area (TPSA) is 39.7 Å². The Balaban J connectivity index is 0.00000225. The number of rotatable bonds is 6. The van der Waals surface area contributed by atoms with Crippen LogP contribution in [0.1, 0.15) is 50.7 Å². The van der Waals surface area contributed by atoms with Crippen molar-refractivity contribution in [3.05, 3.63) is 35.4 Å². The third-order valence-corrected chi connectivity index (χ3v) is 4.96. The molecule has 2 fully saturated rings. The van der Waals surface area contributed by atoms with Crippen molar-refractivity contribution in [1.82, 2.24) is 15.5 Å². The van der Waals surface area contributed by atoms with E-state index < -0.39 is 0 Å². The largest absolute Gasteiger partial charge is 0.357 e. The van der Waals surface area contributed by atoms with E-state index in [0.29, 0.717) is 6.04 Å². The number of hydrogen-bond donors (Lipinski definition) is 2. The summed E-state index contributed by atoms with van der Waals surface area (Å²) < 4.78 is 0. The molecule has 0 unspecified atom stereocenters. The first kappa shape index (κ1) is 20.5. The molecule has 1 heterocycles. The van der Waals surface area contributed by atoms with Crippen molar-refractivity contribution < 1.29 is 0 Å². The average molecular weight is 456 g/mol. The quantitative estimate of drug-likeness (QED) is 0.389. The zero-order valence-electron chi connectivity index (χ0n) is 15.6. The van der Waals surface area contributed by atoms with E-state index in [1.807, 2.05) is 0 Å². The predicted molar refractivity (Wildman–Crippen MR) is 117 cm³/mol. The lowest BCUT2D eigenvalue weighted by Crippen LogP contribution is -2.38. The first-order valence-electron chi connectivity index (χ1n) is 9.58. The van der Waals surface area contributed by atoms with Gasteiger partial charge in [0.15, 0.2) is 5.96 Å². The molecular formula is C20H33IN4. The van der Waals surface area contributed by atoms with Gasteiger partial charge >= 0.3 is 0 Å². The van der Waals surface area contributed by atoms with Gasteiger partial charge in [-0.05, 0) is 62.7 Å². The van der Waals surface area contributed by atoms with E-state index in [1.54, 1.807) is 0 Å². The summed E-state index contributed by atoms with van der Waals surface area (Å²) in [5, 5.41) is 6.82. The first-order chi connectivity index (χ1) is 11.7. The van der Waals surface area contributed by atoms with Crippen LogP contribution in [-0.4, -0.2) is 36.5 Å². The number of aliphatic imine (C=N–C) groups is 1. The molecule has 1 aliphatic heterocycles. The summed E-state index contributed by atoms with van der Waals surface area (Å²) in [6.07, 6.45) is 5.22. The predicted octanol–water partition coefficient (Wildman–Crippen LogP) is 3.75. The fraction of sp³-hybridized carbons (Fsp3) is 0.650. The number of likely N-dealkylation sites (tertiary alicyclic amines) is 1. The van der Waals surface area contributed by atoms with E-state index in [1.165, 1.54) is 49.9 Å². The van der Waals surface area contributed by atoms with E-state index in [9.17, 15) is 0 Å². The van der Waals surface area contributed by atoms with Gasteiger partial charge in [-0.3, -0.25) is 4.90 Å². The SMILES string of the molecule is CCNC(=NCc1cccc(CN2CCC(C)CC2)c1)NC1CC1.I. The molecule has 0 amide bonds. The minimum atomic E-state index is 0. The van der Waals surface area contributed by atoms with E-state index in [0.717, 1.165) is 31.5 Å². The van der Waals surface area contributed by atoms with Crippen LogP contribution in [0.2, 0.25) is 0 Å². The zero-order chi connectivity index (χ0) is 16.8. The molecule has 1 saturated heterocycles. The number of benzene rings is 1. The van der Waals surface area contributed by atoms with Gasteiger partial charge < -0.3 is 10.6 Å². The molecular weight excluding hydrogens is 423 g/mol. The second-order valence-electron chi connectivity index (χ2n) is 7.39. The van der Waals surface area contributed by atoms with E-state index in [2.05, 4.69) is 53.6 Å². The molecule has 4 nitrogen and oxygen atoms in total. The molecule has 2 aliphatic rings. The lowest BCUT2D eigenvalue weighted by Gasteiger charge is -2.30. The van der Waals surface area contributed by atoms with Crippen LogP contribution in [0.15, 0.2) is 29.3 Å². The van der Waals surface area contributed by atoms with Gasteiger partial charge in [0.1, 0.15) is 0 Å². The van der Waals surface area contributed by atoms with Crippen molar-refractivity contribution in [2.24, 2.45) is 10.9 Å². The molecule has 2 N–H and O–H groups in total. The van der Waals surface area contributed by atoms with Gasteiger partial charge in [0, 0.05) is 19.1 Å². The van der Waals surface area contributed by atoms with Gasteiger partial charge in [0.2, 0.25) is 0 Å². The molecule has 25 heavy (non-hydrogen) atoms. The van der Waals surface area contributed by atoms with E-state index in [4.69, 9.17) is 4.99 Å². The highest BCUT2D eigenvalue weighted by atomic mass is 127. The number of piperidine rings is 1. The molecule has 0 bridgehead atoms. The fourth-order valence-electron chi connectivity index (χ4n) is 3.22. The first-order valence-corrected chi connectivity index (χ1v) is 9.58. The Morgan fingerprint density at radius 2 is 1.88 bits per heavy atom. The number of nitrogens with zero attached hydrogens (tertiary/aromatic N) is 2. The number of nitrogens with one attached hydrogen (secondary N) is 2. The molecule has 5 heteroatoms. The molecule has 0 radical (unpaired) electrons. The summed E-state index contributed by atoms with van der Waals surface area (Å²) in [5.74, 6) is 1.85. The molecule has 1 saturated carbocycles. The molecule has 1 aromatic rings. The summed E-state index contributed by atoms with van der Waals surface area (Å²) in [5.41, 5.74) is 2.71. The lowest BCUT2D eigenvalue weighted by atomic mass is 9.98. The molecule has 3 rings (SSSR count). The molecule has 1 aliphatic carbocycles. The normalized spacial score (nSPS) is 19.4. The van der Waals surface area contributed by atoms with E-state index in [-0.39, 0.29) is 24.0 Å². The minimum absolute atomic E-state index is 0. The lowest BCUT2D eigenvalue weighted by molar-refractivity contribution is 0.185. The smallest absolute Gasteiger partial charge is 0.191 e. The maximum Gasteiger partial charge on any atom is 0.191 e. The van der Waals surface area contributed by atoms with Crippen molar-refractivity contribution in [3.63, 3.8) is 0 Å². The molecule has 1 aromatic carbocycles. The van der Waals surface area contributed by atoms with E-state index >= 15 is 0 Å². The standard InChI is InChI=1S/C20H32N4.HI/c1-3-21-20(23-19-7-8-19)22-14-17-5-4-6-18(13-17)15-24-11-9-16(2)10-12-24;/h4-6,13,16,19H,3,7-12,14-15H2,1-2H3,(H2,21,22,23);1H. The highest BCUT2D eigenvalue weighted by molar-refractivity contribution is 14.0. The van der Waals surface area contributed by atoms with Crippen molar-refractivity contribution >= 4 is 29.9 Å². The molecule has 0 spiro atoms. The maximum absolute atomic E-state index is 4.74. The van der Waals surface area contributed by atoms with Crippen molar-refractivity contribution in [2.75, 3.05) is 19.6 Å². The van der Waals surface area contributed by atoms with Crippen LogP contribution in [-0.2, 0) is 13.1 Å². The molecule has 0 aromatic heterocycles. The highest BCUT2D eigenvalue weighted by Gasteiger charge is 2.22. The maximum atomic E-state index is 4.74. The van der Waals surface area contributed by atoms with Crippen molar-refractivity contribution in [3.8, 4) is 0 Å². The van der Waals surface area contributed by atoms with Gasteiger partial charge in [-0.1, -0.05) is 31.2 Å². The van der Waals surface area contributed by atoms with Crippen LogP contribution in [0.4, 0.5) is 0 Å². The second-order valence-corrected chi connectivity index (χ2v) is 7.39. The summed E-state index contributed by atoms with van der Waals surface area (Å²) >= 11 is 0. The Labute approximate surface area is 169 Å². The highest BCUT2D eigenvalue weighted by Crippen LogP contribution is 2.19. The fourth-order valence-corrected chi connectivity index (χ4v) is 3.22. The van der Waals surface area contributed by atoms with Crippen LogP contribution in [0.5, 0.6) is 0 Å². The summed E-state index contributed by atoms with van der Waals surface area (Å²) in [6, 6.07) is 9.57. The molecule has 140 valence electrons. The summed E-state index contributed by atoms with van der Waals surface area (Å²) in [6.45, 7) is 9.68. The van der Waals surface area contributed by atoms with Gasteiger partial charge in [0.05, 0.1) is 6.54 Å². The Morgan fingerprint density at radius 1 is 1.16 bits per heavy atom. The Hall–Kier alpha value is -0.820. The zero-order valence-corrected chi connectivity index (χ0v) is 18.0. The van der Waals surface area contributed by atoms with Gasteiger partial charge in [0.25, 0.3) is 0 Å². The third kappa shape index (κ3) is 7.13. The monoisotopic (exact) mass is 456 g/mol. The van der Waals surface area contributed by atoms with Crippen LogP contribution in [0.3, 0.4) is 0 Å². The summed E-state index contributed by atoms with van der Waals surface area (Å²) in [4.78, 5) is 7.33. The number of halogens is 1. The Kier molecular flexibility index (Phi) is 8.49. The number of guanidine groups is 1. The van der Waals surface area contributed by atoms with Gasteiger partial charge in [-0.15, -0.1) is 24.0 Å². The Bertz CT molecular complexity index is 548. The van der Waals surface area contributed by atoms with Crippen LogP contribution in [0.25, 0.3) is 0 Å². The van der Waals surface area contributed by atoms with Crippen molar-refractivity contribution in [1.29, 1.82) is 0 Å². The third-order valence-electron chi connectivity index (χ3n) is 4.96. The summed E-state index contributed by atoms with van der Waals surface area (Å²) in [7, 11) is 0. The van der Waals surface area contributed by atoms with Crippen molar-refractivity contribution in [2.45, 2.75) is 58.7 Å². The van der Waals surface area contributed by atoms with Crippen LogP contribution in [0, 0.1) is 5.92 Å². The Morgan fingerprint density at radius 3 is 2.56 bits per heavy atom. The second kappa shape index (κ2) is 10.4. The van der Waals surface area contributed by atoms with Crippen LogP contribution >= 0.6 is 24.0 Å². The minimum Gasteiger partial charge on any atom is -0.357 e. The number of hydrogen-bond acceptors (Lipinski definition) is 2.